The molecule has 0 unspecified atom stereocenters. The zero-order valence-corrected chi connectivity index (χ0v) is 17.6. The number of aromatic nitrogens is 1. The van der Waals surface area contributed by atoms with Crippen molar-refractivity contribution in [2.45, 2.75) is 58.9 Å². The topological polar surface area (TPSA) is 46.4 Å². The Bertz CT molecular complexity index is 947. The number of nitrogens with one attached hydrogen (secondary N) is 1. The molecule has 1 N–H and O–H groups in total. The summed E-state index contributed by atoms with van der Waals surface area (Å²) in [6.45, 7) is 6.40. The van der Waals surface area contributed by atoms with Crippen molar-refractivity contribution < 1.29 is 4.79 Å². The molecule has 1 aromatic heterocycles. The average molecular weight is 394 g/mol. The first-order chi connectivity index (χ1) is 13.5. The van der Waals surface area contributed by atoms with Gasteiger partial charge in [0.25, 0.3) is 5.91 Å². The van der Waals surface area contributed by atoms with Gasteiger partial charge in [0.15, 0.2) is 5.17 Å². The Morgan fingerprint density at radius 3 is 2.54 bits per heavy atom. The molecule has 28 heavy (non-hydrogen) atoms. The normalized spacial score (nSPS) is 20.9. The van der Waals surface area contributed by atoms with Gasteiger partial charge in [0, 0.05) is 17.4 Å². The molecule has 2 fully saturated rings. The summed E-state index contributed by atoms with van der Waals surface area (Å²) < 4.78 is 2.48. The molecule has 5 heteroatoms. The first-order valence-corrected chi connectivity index (χ1v) is 10.9. The predicted molar refractivity (Wildman–Crippen MR) is 118 cm³/mol. The third-order valence-electron chi connectivity index (χ3n) is 5.67. The Morgan fingerprint density at radius 1 is 1.11 bits per heavy atom. The maximum Gasteiger partial charge on any atom is 0.264 e. The van der Waals surface area contributed by atoms with E-state index >= 15 is 0 Å². The van der Waals surface area contributed by atoms with Crippen molar-refractivity contribution in [3.63, 3.8) is 0 Å². The first-order valence-electron chi connectivity index (χ1n) is 10.1. The average Bonchev–Trinajstić information content (AvgIpc) is 3.16. The van der Waals surface area contributed by atoms with Gasteiger partial charge in [-0.1, -0.05) is 37.0 Å². The molecule has 1 aromatic carbocycles. The van der Waals surface area contributed by atoms with Crippen molar-refractivity contribution >= 4 is 34.6 Å². The van der Waals surface area contributed by atoms with E-state index < -0.39 is 0 Å². The molecule has 1 aliphatic carbocycles. The third-order valence-corrected chi connectivity index (χ3v) is 6.58. The van der Waals surface area contributed by atoms with Crippen LogP contribution in [0.15, 0.2) is 40.2 Å². The van der Waals surface area contributed by atoms with E-state index in [1.54, 1.807) is 0 Å². The number of amidine groups is 1. The third kappa shape index (κ3) is 3.95. The zero-order chi connectivity index (χ0) is 19.7. The van der Waals surface area contributed by atoms with Crippen LogP contribution in [0.3, 0.4) is 0 Å². The van der Waals surface area contributed by atoms with Crippen molar-refractivity contribution in [2.75, 3.05) is 0 Å². The maximum absolute atomic E-state index is 12.5. The van der Waals surface area contributed by atoms with Gasteiger partial charge in [0.2, 0.25) is 0 Å². The SMILES string of the molecule is Cc1ccc(N=C2NC(=O)/C(=C/c3cc(C)n(C4CCCCC4)c3C)S2)cc1. The van der Waals surface area contributed by atoms with E-state index in [9.17, 15) is 4.79 Å². The molecule has 4 nitrogen and oxygen atoms in total. The lowest BCUT2D eigenvalue weighted by molar-refractivity contribution is -0.115. The van der Waals surface area contributed by atoms with E-state index in [-0.39, 0.29) is 5.91 Å². The lowest BCUT2D eigenvalue weighted by Crippen LogP contribution is -2.19. The van der Waals surface area contributed by atoms with E-state index in [1.807, 2.05) is 37.3 Å². The molecule has 1 saturated heterocycles. The summed E-state index contributed by atoms with van der Waals surface area (Å²) in [6.07, 6.45) is 8.51. The fourth-order valence-electron chi connectivity index (χ4n) is 4.21. The van der Waals surface area contributed by atoms with Crippen LogP contribution in [-0.4, -0.2) is 15.6 Å². The largest absolute Gasteiger partial charge is 0.346 e. The number of hydrogen-bond acceptors (Lipinski definition) is 3. The highest BCUT2D eigenvalue weighted by Crippen LogP contribution is 2.34. The monoisotopic (exact) mass is 393 g/mol. The van der Waals surface area contributed by atoms with Crippen molar-refractivity contribution in [2.24, 2.45) is 4.99 Å². The Kier molecular flexibility index (Phi) is 5.44. The van der Waals surface area contributed by atoms with Crippen LogP contribution < -0.4 is 5.32 Å². The number of aliphatic imine (C=N–C) groups is 1. The second-order valence-corrected chi connectivity index (χ2v) is 8.84. The minimum absolute atomic E-state index is 0.0710. The Morgan fingerprint density at radius 2 is 1.82 bits per heavy atom. The van der Waals surface area contributed by atoms with Crippen LogP contribution in [-0.2, 0) is 4.79 Å². The molecular weight excluding hydrogens is 366 g/mol. The second kappa shape index (κ2) is 8.00. The maximum atomic E-state index is 12.5. The highest BCUT2D eigenvalue weighted by molar-refractivity contribution is 8.18. The summed E-state index contributed by atoms with van der Waals surface area (Å²) in [4.78, 5) is 17.7. The van der Waals surface area contributed by atoms with Gasteiger partial charge in [0.1, 0.15) is 0 Å². The number of benzene rings is 1. The van der Waals surface area contributed by atoms with Crippen LogP contribution in [0.25, 0.3) is 6.08 Å². The fraction of sp³-hybridized carbons (Fsp3) is 0.391. The van der Waals surface area contributed by atoms with Crippen LogP contribution in [0.2, 0.25) is 0 Å². The summed E-state index contributed by atoms with van der Waals surface area (Å²) in [5, 5.41) is 3.53. The summed E-state index contributed by atoms with van der Waals surface area (Å²) >= 11 is 1.41. The van der Waals surface area contributed by atoms with Gasteiger partial charge in [-0.05, 0) is 75.2 Å². The van der Waals surface area contributed by atoms with Crippen LogP contribution in [0.4, 0.5) is 5.69 Å². The highest BCUT2D eigenvalue weighted by atomic mass is 32.2. The minimum Gasteiger partial charge on any atom is -0.346 e. The number of hydrogen-bond donors (Lipinski definition) is 1. The molecule has 2 aliphatic rings. The molecule has 1 aliphatic heterocycles. The second-order valence-electron chi connectivity index (χ2n) is 7.81. The van der Waals surface area contributed by atoms with Gasteiger partial charge in [0.05, 0.1) is 10.6 Å². The Hall–Kier alpha value is -2.27. The molecule has 0 spiro atoms. The van der Waals surface area contributed by atoms with E-state index in [0.29, 0.717) is 16.1 Å². The van der Waals surface area contributed by atoms with Gasteiger partial charge >= 0.3 is 0 Å². The molecule has 0 atom stereocenters. The summed E-state index contributed by atoms with van der Waals surface area (Å²) in [6, 6.07) is 10.8. The summed E-state index contributed by atoms with van der Waals surface area (Å²) in [5.41, 5.74) is 5.73. The standard InChI is InChI=1S/C23H27N3OS/c1-15-9-11-19(12-10-15)24-23-25-22(27)21(28-23)14-18-13-16(2)26(17(18)3)20-7-5-4-6-8-20/h9-14,20H,4-8H2,1-3H3,(H,24,25,27)/b21-14-. The predicted octanol–water partition coefficient (Wildman–Crippen LogP) is 5.81. The smallest absolute Gasteiger partial charge is 0.264 e. The van der Waals surface area contributed by atoms with Gasteiger partial charge in [-0.25, -0.2) is 4.99 Å². The minimum atomic E-state index is -0.0710. The number of carbonyl (C=O) groups is 1. The van der Waals surface area contributed by atoms with E-state index in [4.69, 9.17) is 0 Å². The lowest BCUT2D eigenvalue weighted by atomic mass is 9.95. The molecule has 2 heterocycles. The van der Waals surface area contributed by atoms with Crippen LogP contribution in [0.5, 0.6) is 0 Å². The molecule has 2 aromatic rings. The van der Waals surface area contributed by atoms with Crippen LogP contribution in [0, 0.1) is 20.8 Å². The van der Waals surface area contributed by atoms with E-state index in [0.717, 1.165) is 11.3 Å². The molecule has 4 rings (SSSR count). The van der Waals surface area contributed by atoms with Gasteiger partial charge in [-0.2, -0.15) is 0 Å². The quantitative estimate of drug-likeness (QED) is 0.669. The number of nitrogens with zero attached hydrogens (tertiary/aromatic N) is 2. The number of thioether (sulfide) groups is 1. The molecule has 0 radical (unpaired) electrons. The van der Waals surface area contributed by atoms with Crippen LogP contribution in [0.1, 0.15) is 60.7 Å². The Balaban J connectivity index is 1.57. The number of amides is 1. The number of rotatable bonds is 3. The first kappa shape index (κ1) is 19.1. The van der Waals surface area contributed by atoms with Gasteiger partial charge < -0.3 is 9.88 Å². The zero-order valence-electron chi connectivity index (χ0n) is 16.8. The van der Waals surface area contributed by atoms with Gasteiger partial charge in [-0.15, -0.1) is 0 Å². The van der Waals surface area contributed by atoms with Crippen molar-refractivity contribution in [1.29, 1.82) is 0 Å². The van der Waals surface area contributed by atoms with Crippen molar-refractivity contribution in [3.05, 3.63) is 57.8 Å². The molecule has 146 valence electrons. The van der Waals surface area contributed by atoms with Crippen LogP contribution >= 0.6 is 11.8 Å². The molecule has 1 saturated carbocycles. The summed E-state index contributed by atoms with van der Waals surface area (Å²) in [5.74, 6) is -0.0710. The van der Waals surface area contributed by atoms with E-state index in [2.05, 4.69) is 34.8 Å². The number of aryl methyl sites for hydroxylation is 2. The van der Waals surface area contributed by atoms with Gasteiger partial charge in [-0.3, -0.25) is 4.79 Å². The Labute approximate surface area is 171 Å². The summed E-state index contributed by atoms with van der Waals surface area (Å²) in [7, 11) is 0. The van der Waals surface area contributed by atoms with Crippen molar-refractivity contribution in [3.8, 4) is 0 Å². The highest BCUT2D eigenvalue weighted by Gasteiger charge is 2.25. The molecule has 1 amide bonds. The van der Waals surface area contributed by atoms with Crippen molar-refractivity contribution in [1.82, 2.24) is 9.88 Å². The lowest BCUT2D eigenvalue weighted by Gasteiger charge is -2.26. The van der Waals surface area contributed by atoms with E-state index in [1.165, 1.54) is 60.8 Å². The number of carbonyl (C=O) groups excluding carboxylic acids is 1. The molecule has 0 bridgehead atoms. The molecular formula is C23H27N3OS. The fourth-order valence-corrected chi connectivity index (χ4v) is 5.04.